The van der Waals surface area contributed by atoms with Gasteiger partial charge in [0.15, 0.2) is 9.84 Å². The molecule has 0 aliphatic rings. The largest absolute Gasteiger partial charge is 0.326 e. The molecule has 2 heterocycles. The third-order valence-electron chi connectivity index (χ3n) is 3.58. The summed E-state index contributed by atoms with van der Waals surface area (Å²) in [6.07, 6.45) is 2.60. The summed E-state index contributed by atoms with van der Waals surface area (Å²) in [6.45, 7) is 0.190. The van der Waals surface area contributed by atoms with Crippen molar-refractivity contribution in [3.63, 3.8) is 0 Å². The van der Waals surface area contributed by atoms with Crippen molar-refractivity contribution in [3.8, 4) is 0 Å². The molecule has 25 heavy (non-hydrogen) atoms. The molecule has 1 N–H and O–H groups in total. The molecule has 0 aliphatic carbocycles. The molecule has 7 nitrogen and oxygen atoms in total. The van der Waals surface area contributed by atoms with Gasteiger partial charge in [-0.25, -0.2) is 13.4 Å². The SMILES string of the molecule is CS(=O)(=O)c1cccc(NC(=O)CCn2cnc3sccc3c2=O)c1. The number of rotatable bonds is 5. The fraction of sp³-hybridized carbons (Fsp3) is 0.188. The summed E-state index contributed by atoms with van der Waals surface area (Å²) in [5, 5.41) is 4.97. The average molecular weight is 377 g/mol. The van der Waals surface area contributed by atoms with E-state index < -0.39 is 9.84 Å². The van der Waals surface area contributed by atoms with Crippen molar-refractivity contribution in [1.82, 2.24) is 9.55 Å². The molecule has 1 amide bonds. The maximum absolute atomic E-state index is 12.2. The number of nitrogens with zero attached hydrogens (tertiary/aromatic N) is 2. The number of nitrogens with one attached hydrogen (secondary N) is 1. The number of anilines is 1. The van der Waals surface area contributed by atoms with Crippen LogP contribution in [0.1, 0.15) is 6.42 Å². The lowest BCUT2D eigenvalue weighted by Crippen LogP contribution is -2.23. The van der Waals surface area contributed by atoms with E-state index in [0.29, 0.717) is 15.9 Å². The van der Waals surface area contributed by atoms with Crippen LogP contribution < -0.4 is 10.9 Å². The van der Waals surface area contributed by atoms with E-state index in [1.165, 1.54) is 34.4 Å². The second kappa shape index (κ2) is 6.77. The molecule has 0 unspecified atom stereocenters. The molecular formula is C16H15N3O4S2. The lowest BCUT2D eigenvalue weighted by atomic mass is 10.3. The summed E-state index contributed by atoms with van der Waals surface area (Å²) in [5.41, 5.74) is 0.213. The summed E-state index contributed by atoms with van der Waals surface area (Å²) < 4.78 is 24.5. The number of fused-ring (bicyclic) bond motifs is 1. The highest BCUT2D eigenvalue weighted by Gasteiger charge is 2.10. The summed E-state index contributed by atoms with van der Waals surface area (Å²) in [7, 11) is -3.34. The van der Waals surface area contributed by atoms with Gasteiger partial charge in [-0.15, -0.1) is 11.3 Å². The normalized spacial score (nSPS) is 11.6. The van der Waals surface area contributed by atoms with E-state index in [1.54, 1.807) is 23.6 Å². The Kier molecular flexibility index (Phi) is 4.69. The van der Waals surface area contributed by atoms with Crippen molar-refractivity contribution in [2.24, 2.45) is 0 Å². The second-order valence-corrected chi connectivity index (χ2v) is 8.39. The Bertz CT molecular complexity index is 1100. The molecule has 0 atom stereocenters. The predicted molar refractivity (Wildman–Crippen MR) is 96.7 cm³/mol. The number of hydrogen-bond donors (Lipinski definition) is 1. The van der Waals surface area contributed by atoms with E-state index >= 15 is 0 Å². The Morgan fingerprint density at radius 3 is 2.88 bits per heavy atom. The van der Waals surface area contributed by atoms with E-state index in [2.05, 4.69) is 10.3 Å². The molecule has 0 saturated carbocycles. The van der Waals surface area contributed by atoms with Crippen molar-refractivity contribution < 1.29 is 13.2 Å². The number of hydrogen-bond acceptors (Lipinski definition) is 6. The molecular weight excluding hydrogens is 362 g/mol. The zero-order valence-corrected chi connectivity index (χ0v) is 14.9. The molecule has 0 saturated heterocycles. The van der Waals surface area contributed by atoms with Crippen molar-refractivity contribution in [2.45, 2.75) is 17.9 Å². The summed E-state index contributed by atoms with van der Waals surface area (Å²) in [5.74, 6) is -0.317. The monoisotopic (exact) mass is 377 g/mol. The van der Waals surface area contributed by atoms with Gasteiger partial charge in [0, 0.05) is 24.9 Å². The van der Waals surface area contributed by atoms with Crippen LogP contribution in [-0.2, 0) is 21.2 Å². The van der Waals surface area contributed by atoms with Gasteiger partial charge in [0.1, 0.15) is 4.83 Å². The van der Waals surface area contributed by atoms with Gasteiger partial charge >= 0.3 is 0 Å². The van der Waals surface area contributed by atoms with Gasteiger partial charge in [-0.2, -0.15) is 0 Å². The van der Waals surface area contributed by atoms with Crippen LogP contribution in [0.3, 0.4) is 0 Å². The van der Waals surface area contributed by atoms with Crippen molar-refractivity contribution in [2.75, 3.05) is 11.6 Å². The van der Waals surface area contributed by atoms with Crippen LogP contribution in [0.4, 0.5) is 5.69 Å². The van der Waals surface area contributed by atoms with Crippen LogP contribution in [0.5, 0.6) is 0 Å². The van der Waals surface area contributed by atoms with Crippen LogP contribution in [0.2, 0.25) is 0 Å². The fourth-order valence-electron chi connectivity index (χ4n) is 2.30. The van der Waals surface area contributed by atoms with E-state index in [9.17, 15) is 18.0 Å². The summed E-state index contributed by atoms with van der Waals surface area (Å²) >= 11 is 1.39. The maximum Gasteiger partial charge on any atom is 0.262 e. The van der Waals surface area contributed by atoms with Gasteiger partial charge in [-0.3, -0.25) is 14.2 Å². The molecule has 3 rings (SSSR count). The third kappa shape index (κ3) is 3.94. The van der Waals surface area contributed by atoms with Crippen molar-refractivity contribution in [3.05, 3.63) is 52.4 Å². The molecule has 3 aromatic rings. The number of aromatic nitrogens is 2. The third-order valence-corrected chi connectivity index (χ3v) is 5.51. The smallest absolute Gasteiger partial charge is 0.262 e. The molecule has 0 bridgehead atoms. The van der Waals surface area contributed by atoms with Gasteiger partial charge in [0.05, 0.1) is 16.6 Å². The average Bonchev–Trinajstić information content (AvgIpc) is 3.03. The Morgan fingerprint density at radius 1 is 1.32 bits per heavy atom. The van der Waals surface area contributed by atoms with Gasteiger partial charge < -0.3 is 5.32 Å². The highest BCUT2D eigenvalue weighted by molar-refractivity contribution is 7.90. The number of thiophene rings is 1. The number of amides is 1. The molecule has 0 fully saturated rings. The lowest BCUT2D eigenvalue weighted by Gasteiger charge is -2.08. The van der Waals surface area contributed by atoms with Gasteiger partial charge in [-0.1, -0.05) is 6.07 Å². The second-order valence-electron chi connectivity index (χ2n) is 5.48. The quantitative estimate of drug-likeness (QED) is 0.732. The van der Waals surface area contributed by atoms with Crippen LogP contribution in [0.25, 0.3) is 10.2 Å². The zero-order chi connectivity index (χ0) is 18.0. The minimum absolute atomic E-state index is 0.0698. The van der Waals surface area contributed by atoms with Gasteiger partial charge in [0.2, 0.25) is 5.91 Å². The molecule has 0 radical (unpaired) electrons. The zero-order valence-electron chi connectivity index (χ0n) is 13.3. The lowest BCUT2D eigenvalue weighted by molar-refractivity contribution is -0.116. The molecule has 1 aromatic carbocycles. The van der Waals surface area contributed by atoms with E-state index in [1.807, 2.05) is 0 Å². The molecule has 130 valence electrons. The van der Waals surface area contributed by atoms with Crippen LogP contribution in [0, 0.1) is 0 Å². The maximum atomic E-state index is 12.2. The predicted octanol–water partition coefficient (Wildman–Crippen LogP) is 1.89. The van der Waals surface area contributed by atoms with E-state index in [4.69, 9.17) is 0 Å². The Labute approximate surface area is 147 Å². The molecule has 9 heteroatoms. The van der Waals surface area contributed by atoms with Crippen molar-refractivity contribution in [1.29, 1.82) is 0 Å². The first-order chi connectivity index (χ1) is 11.8. The highest BCUT2D eigenvalue weighted by atomic mass is 32.2. The fourth-order valence-corrected chi connectivity index (χ4v) is 3.69. The molecule has 2 aromatic heterocycles. The summed E-state index contributed by atoms with van der Waals surface area (Å²) in [4.78, 5) is 29.3. The van der Waals surface area contributed by atoms with Crippen LogP contribution >= 0.6 is 11.3 Å². The van der Waals surface area contributed by atoms with Crippen molar-refractivity contribution >= 4 is 43.0 Å². The van der Waals surface area contributed by atoms with Gasteiger partial charge in [-0.05, 0) is 29.6 Å². The highest BCUT2D eigenvalue weighted by Crippen LogP contribution is 2.16. The number of sulfone groups is 1. The van der Waals surface area contributed by atoms with Crippen LogP contribution in [-0.4, -0.2) is 30.1 Å². The first-order valence-electron chi connectivity index (χ1n) is 7.37. The number of benzene rings is 1. The number of carbonyl (C=O) groups excluding carboxylic acids is 1. The first kappa shape index (κ1) is 17.3. The standard InChI is InChI=1S/C16H15N3O4S2/c1-25(22,23)12-4-2-3-11(9-12)18-14(20)5-7-19-10-17-15-13(16(19)21)6-8-24-15/h2-4,6,8-10H,5,7H2,1H3,(H,18,20). The van der Waals surface area contributed by atoms with Crippen LogP contribution in [0.15, 0.2) is 51.7 Å². The molecule has 0 spiro atoms. The minimum Gasteiger partial charge on any atom is -0.326 e. The van der Waals surface area contributed by atoms with E-state index in [0.717, 1.165) is 6.26 Å². The van der Waals surface area contributed by atoms with E-state index in [-0.39, 0.29) is 29.3 Å². The van der Waals surface area contributed by atoms with Gasteiger partial charge in [0.25, 0.3) is 5.56 Å². The minimum atomic E-state index is -3.34. The Morgan fingerprint density at radius 2 is 2.12 bits per heavy atom. The first-order valence-corrected chi connectivity index (χ1v) is 10.1. The topological polar surface area (TPSA) is 98.1 Å². The summed E-state index contributed by atoms with van der Waals surface area (Å²) in [6, 6.07) is 7.75. The number of carbonyl (C=O) groups is 1. The Hall–Kier alpha value is -2.52. The number of aryl methyl sites for hydroxylation is 1. The molecule has 0 aliphatic heterocycles. The Balaban J connectivity index is 1.69.